The lowest BCUT2D eigenvalue weighted by atomic mass is 10.1. The standard InChI is InChI=1S/C18H17F2N5O3/c19-10-5-9-13(12(20)14(10)24-4-3-7(21)6-24)25(8-1-2-8)16-11(15(9)26)17(27)23-18(28)22-16/h5,7-8H,1-4,6,21H2,(H2,22,23,27,28). The predicted octanol–water partition coefficient (Wildman–Crippen LogP) is 0.682. The van der Waals surface area contributed by atoms with Crippen molar-refractivity contribution >= 4 is 27.6 Å². The van der Waals surface area contributed by atoms with Gasteiger partial charge < -0.3 is 15.2 Å². The molecule has 2 aliphatic rings. The number of hydrogen-bond donors (Lipinski definition) is 3. The molecule has 0 spiro atoms. The van der Waals surface area contributed by atoms with Crippen molar-refractivity contribution in [1.29, 1.82) is 0 Å². The molecule has 1 atom stereocenters. The van der Waals surface area contributed by atoms with Gasteiger partial charge in [0, 0.05) is 25.2 Å². The van der Waals surface area contributed by atoms with Gasteiger partial charge in [-0.05, 0) is 25.3 Å². The summed E-state index contributed by atoms with van der Waals surface area (Å²) in [6.45, 7) is 0.704. The highest BCUT2D eigenvalue weighted by Gasteiger charge is 2.33. The van der Waals surface area contributed by atoms with Gasteiger partial charge in [-0.2, -0.15) is 0 Å². The van der Waals surface area contributed by atoms with Crippen LogP contribution in [-0.2, 0) is 0 Å². The van der Waals surface area contributed by atoms with E-state index in [1.807, 2.05) is 4.98 Å². The first-order chi connectivity index (χ1) is 13.4. The van der Waals surface area contributed by atoms with Crippen molar-refractivity contribution in [2.24, 2.45) is 5.73 Å². The molecule has 1 saturated carbocycles. The number of halogens is 2. The van der Waals surface area contributed by atoms with E-state index in [1.165, 1.54) is 9.47 Å². The summed E-state index contributed by atoms with van der Waals surface area (Å²) in [6, 6.07) is 0.603. The van der Waals surface area contributed by atoms with E-state index in [2.05, 4.69) is 4.98 Å². The van der Waals surface area contributed by atoms with Gasteiger partial charge in [0.05, 0.1) is 10.9 Å². The smallest absolute Gasteiger partial charge is 0.327 e. The Morgan fingerprint density at radius 2 is 1.86 bits per heavy atom. The Morgan fingerprint density at radius 1 is 1.11 bits per heavy atom. The van der Waals surface area contributed by atoms with Crippen molar-refractivity contribution in [3.63, 3.8) is 0 Å². The maximum Gasteiger partial charge on any atom is 0.327 e. The number of fused-ring (bicyclic) bond motifs is 2. The average Bonchev–Trinajstić information content (AvgIpc) is 3.37. The van der Waals surface area contributed by atoms with Crippen molar-refractivity contribution < 1.29 is 8.78 Å². The van der Waals surface area contributed by atoms with Crippen LogP contribution in [0, 0.1) is 11.6 Å². The van der Waals surface area contributed by atoms with Crippen LogP contribution >= 0.6 is 0 Å². The number of aromatic amines is 2. The van der Waals surface area contributed by atoms with Crippen LogP contribution < -0.4 is 27.3 Å². The number of nitrogens with two attached hydrogens (primary N) is 1. The zero-order chi connectivity index (χ0) is 19.7. The van der Waals surface area contributed by atoms with Crippen LogP contribution in [0.4, 0.5) is 14.5 Å². The third-order valence-corrected chi connectivity index (χ3v) is 5.50. The minimum atomic E-state index is -0.879. The molecule has 1 aromatic carbocycles. The average molecular weight is 389 g/mol. The third kappa shape index (κ3) is 2.34. The Balaban J connectivity index is 1.96. The maximum absolute atomic E-state index is 15.6. The predicted molar refractivity (Wildman–Crippen MR) is 99.9 cm³/mol. The van der Waals surface area contributed by atoms with Crippen LogP contribution in [0.5, 0.6) is 0 Å². The van der Waals surface area contributed by atoms with Crippen molar-refractivity contribution in [2.75, 3.05) is 18.0 Å². The van der Waals surface area contributed by atoms with Crippen LogP contribution in [0.2, 0.25) is 0 Å². The molecule has 0 radical (unpaired) electrons. The number of rotatable bonds is 2. The van der Waals surface area contributed by atoms with E-state index in [0.29, 0.717) is 32.4 Å². The Labute approximate surface area is 155 Å². The lowest BCUT2D eigenvalue weighted by molar-refractivity contribution is 0.578. The Kier molecular flexibility index (Phi) is 3.51. The lowest BCUT2D eigenvalue weighted by Crippen LogP contribution is -2.30. The summed E-state index contributed by atoms with van der Waals surface area (Å²) in [7, 11) is 0. The second-order valence-electron chi connectivity index (χ2n) is 7.47. The third-order valence-electron chi connectivity index (χ3n) is 5.50. The first-order valence-electron chi connectivity index (χ1n) is 9.10. The molecule has 2 aromatic heterocycles. The van der Waals surface area contributed by atoms with Crippen molar-refractivity contribution in [3.8, 4) is 0 Å². The molecule has 4 N–H and O–H groups in total. The number of anilines is 1. The minimum absolute atomic E-state index is 0.0386. The van der Waals surface area contributed by atoms with E-state index < -0.39 is 28.3 Å². The van der Waals surface area contributed by atoms with E-state index in [4.69, 9.17) is 5.73 Å². The Morgan fingerprint density at radius 3 is 2.50 bits per heavy atom. The molecule has 1 unspecified atom stereocenters. The van der Waals surface area contributed by atoms with Crippen LogP contribution in [0.3, 0.4) is 0 Å². The van der Waals surface area contributed by atoms with Crippen LogP contribution in [0.25, 0.3) is 21.9 Å². The van der Waals surface area contributed by atoms with Gasteiger partial charge in [-0.3, -0.25) is 19.6 Å². The van der Waals surface area contributed by atoms with Gasteiger partial charge in [-0.25, -0.2) is 13.6 Å². The largest absolute Gasteiger partial charge is 0.365 e. The molecule has 5 rings (SSSR count). The zero-order valence-corrected chi connectivity index (χ0v) is 14.7. The molecular weight excluding hydrogens is 372 g/mol. The highest BCUT2D eigenvalue weighted by molar-refractivity contribution is 5.94. The minimum Gasteiger partial charge on any atom is -0.365 e. The van der Waals surface area contributed by atoms with Crippen molar-refractivity contribution in [3.05, 3.63) is 48.8 Å². The Bertz CT molecular complexity index is 1320. The first kappa shape index (κ1) is 17.1. The topological polar surface area (TPSA) is 117 Å². The van der Waals surface area contributed by atoms with E-state index in [-0.39, 0.29) is 39.7 Å². The van der Waals surface area contributed by atoms with Crippen LogP contribution in [-0.4, -0.2) is 33.7 Å². The molecule has 1 saturated heterocycles. The van der Waals surface area contributed by atoms with Gasteiger partial charge in [0.1, 0.15) is 22.5 Å². The SMILES string of the molecule is NC1CCN(c2c(F)cc3c(=O)c4c(=O)[nH]c(=O)[nH]c4n(C4CC4)c3c2F)C1. The number of nitrogens with zero attached hydrogens (tertiary/aromatic N) is 2. The van der Waals surface area contributed by atoms with Gasteiger partial charge >= 0.3 is 5.69 Å². The second kappa shape index (κ2) is 5.74. The summed E-state index contributed by atoms with van der Waals surface area (Å²) in [4.78, 5) is 42.9. The van der Waals surface area contributed by atoms with E-state index >= 15 is 4.39 Å². The maximum atomic E-state index is 15.6. The van der Waals surface area contributed by atoms with Crippen molar-refractivity contribution in [1.82, 2.24) is 14.5 Å². The number of benzene rings is 1. The molecule has 0 bridgehead atoms. The van der Waals surface area contributed by atoms with Crippen LogP contribution in [0.15, 0.2) is 20.4 Å². The summed E-state index contributed by atoms with van der Waals surface area (Å²) < 4.78 is 31.9. The molecular formula is C18H17F2N5O3. The summed E-state index contributed by atoms with van der Waals surface area (Å²) in [6.07, 6.45) is 2.00. The summed E-state index contributed by atoms with van der Waals surface area (Å²) >= 11 is 0. The molecule has 3 heterocycles. The Hall–Kier alpha value is -3.01. The molecule has 3 aromatic rings. The summed E-state index contributed by atoms with van der Waals surface area (Å²) in [5.41, 5.74) is 3.01. The molecule has 1 aliphatic carbocycles. The number of pyridine rings is 1. The van der Waals surface area contributed by atoms with Gasteiger partial charge in [-0.15, -0.1) is 0 Å². The fourth-order valence-corrected chi connectivity index (χ4v) is 4.10. The van der Waals surface area contributed by atoms with Gasteiger partial charge in [0.2, 0.25) is 5.43 Å². The van der Waals surface area contributed by atoms with E-state index in [1.54, 1.807) is 0 Å². The highest BCUT2D eigenvalue weighted by atomic mass is 19.1. The lowest BCUT2D eigenvalue weighted by Gasteiger charge is -2.22. The molecule has 146 valence electrons. The van der Waals surface area contributed by atoms with E-state index in [9.17, 15) is 18.8 Å². The monoisotopic (exact) mass is 389 g/mol. The number of nitrogens with one attached hydrogen (secondary N) is 2. The zero-order valence-electron chi connectivity index (χ0n) is 14.7. The molecule has 10 heteroatoms. The molecule has 0 amide bonds. The highest BCUT2D eigenvalue weighted by Crippen LogP contribution is 2.41. The second-order valence-corrected chi connectivity index (χ2v) is 7.47. The number of H-pyrrole nitrogens is 2. The van der Waals surface area contributed by atoms with Gasteiger partial charge in [0.25, 0.3) is 5.56 Å². The fraction of sp³-hybridized carbons (Fsp3) is 0.389. The van der Waals surface area contributed by atoms with E-state index in [0.717, 1.165) is 6.07 Å². The van der Waals surface area contributed by atoms with Crippen LogP contribution in [0.1, 0.15) is 25.3 Å². The quantitative estimate of drug-likeness (QED) is 0.558. The van der Waals surface area contributed by atoms with Gasteiger partial charge in [0.15, 0.2) is 5.82 Å². The molecule has 2 fully saturated rings. The summed E-state index contributed by atoms with van der Waals surface area (Å²) in [5.74, 6) is -1.75. The van der Waals surface area contributed by atoms with Gasteiger partial charge in [-0.1, -0.05) is 0 Å². The molecule has 28 heavy (non-hydrogen) atoms. The summed E-state index contributed by atoms with van der Waals surface area (Å²) in [5, 5.41) is -0.534. The normalized spacial score (nSPS) is 19.8. The van der Waals surface area contributed by atoms with Crippen molar-refractivity contribution in [2.45, 2.75) is 31.3 Å². The first-order valence-corrected chi connectivity index (χ1v) is 9.10. The fourth-order valence-electron chi connectivity index (χ4n) is 4.10. The number of aromatic nitrogens is 3. The molecule has 1 aliphatic heterocycles. The number of hydrogen-bond acceptors (Lipinski definition) is 5. The molecule has 8 nitrogen and oxygen atoms in total.